The SMILES string of the molecule is COCOCCCCC#CC1(C)CO1. The molecule has 1 saturated heterocycles. The smallest absolute Gasteiger partial charge is 0.149 e. The molecule has 0 aromatic heterocycles. The first-order valence-electron chi connectivity index (χ1n) is 4.97. The van der Waals surface area contributed by atoms with Gasteiger partial charge in [-0.05, 0) is 19.8 Å². The highest BCUT2D eigenvalue weighted by atomic mass is 16.7. The topological polar surface area (TPSA) is 31.0 Å². The maximum atomic E-state index is 5.15. The second-order valence-electron chi connectivity index (χ2n) is 3.59. The molecule has 0 aromatic rings. The van der Waals surface area contributed by atoms with Crippen molar-refractivity contribution in [3.05, 3.63) is 0 Å². The summed E-state index contributed by atoms with van der Waals surface area (Å²) >= 11 is 0. The lowest BCUT2D eigenvalue weighted by Gasteiger charge is -2.00. The number of epoxide rings is 1. The number of hydrogen-bond acceptors (Lipinski definition) is 3. The summed E-state index contributed by atoms with van der Waals surface area (Å²) in [4.78, 5) is 0. The van der Waals surface area contributed by atoms with Crippen molar-refractivity contribution in [1.29, 1.82) is 0 Å². The van der Waals surface area contributed by atoms with E-state index in [-0.39, 0.29) is 5.60 Å². The summed E-state index contributed by atoms with van der Waals surface area (Å²) in [7, 11) is 1.63. The van der Waals surface area contributed by atoms with Gasteiger partial charge < -0.3 is 14.2 Å². The van der Waals surface area contributed by atoms with Gasteiger partial charge in [0.05, 0.1) is 6.61 Å². The largest absolute Gasteiger partial charge is 0.359 e. The van der Waals surface area contributed by atoms with Crippen LogP contribution in [-0.2, 0) is 14.2 Å². The molecule has 1 rings (SSSR count). The highest BCUT2D eigenvalue weighted by Gasteiger charge is 2.36. The predicted molar refractivity (Wildman–Crippen MR) is 53.8 cm³/mol. The van der Waals surface area contributed by atoms with E-state index in [1.54, 1.807) is 7.11 Å². The van der Waals surface area contributed by atoms with Crippen LogP contribution in [0.25, 0.3) is 0 Å². The molecule has 1 atom stereocenters. The molecule has 0 aliphatic carbocycles. The Labute approximate surface area is 85.7 Å². The van der Waals surface area contributed by atoms with Crippen LogP contribution in [0.4, 0.5) is 0 Å². The minimum absolute atomic E-state index is 0.119. The van der Waals surface area contributed by atoms with Crippen molar-refractivity contribution in [1.82, 2.24) is 0 Å². The van der Waals surface area contributed by atoms with E-state index in [2.05, 4.69) is 11.8 Å². The van der Waals surface area contributed by atoms with Crippen molar-refractivity contribution in [2.24, 2.45) is 0 Å². The van der Waals surface area contributed by atoms with Gasteiger partial charge in [-0.25, -0.2) is 0 Å². The van der Waals surface area contributed by atoms with Gasteiger partial charge in [-0.15, -0.1) is 5.92 Å². The van der Waals surface area contributed by atoms with E-state index in [4.69, 9.17) is 14.2 Å². The Morgan fingerprint density at radius 2 is 2.21 bits per heavy atom. The Bertz CT molecular complexity index is 210. The fourth-order valence-electron chi connectivity index (χ4n) is 0.990. The summed E-state index contributed by atoms with van der Waals surface area (Å²) in [6.07, 6.45) is 3.04. The highest BCUT2D eigenvalue weighted by molar-refractivity contribution is 5.18. The van der Waals surface area contributed by atoms with E-state index in [1.165, 1.54) is 0 Å². The Hall–Kier alpha value is -0.560. The van der Waals surface area contributed by atoms with Crippen LogP contribution in [0.2, 0.25) is 0 Å². The van der Waals surface area contributed by atoms with Crippen LogP contribution in [0.3, 0.4) is 0 Å². The molecule has 1 heterocycles. The molecule has 0 amide bonds. The molecule has 0 N–H and O–H groups in total. The third-order valence-corrected chi connectivity index (χ3v) is 1.97. The maximum Gasteiger partial charge on any atom is 0.149 e. The van der Waals surface area contributed by atoms with Gasteiger partial charge in [0.25, 0.3) is 0 Å². The summed E-state index contributed by atoms with van der Waals surface area (Å²) in [6, 6.07) is 0. The van der Waals surface area contributed by atoms with Gasteiger partial charge in [0.1, 0.15) is 12.4 Å². The van der Waals surface area contributed by atoms with E-state index in [0.29, 0.717) is 6.79 Å². The molecule has 1 fully saturated rings. The van der Waals surface area contributed by atoms with Crippen molar-refractivity contribution >= 4 is 0 Å². The minimum atomic E-state index is -0.119. The zero-order chi connectivity index (χ0) is 10.3. The molecule has 1 unspecified atom stereocenters. The Balaban J connectivity index is 1.86. The number of ether oxygens (including phenoxy) is 3. The zero-order valence-electron chi connectivity index (χ0n) is 8.97. The zero-order valence-corrected chi connectivity index (χ0v) is 8.97. The third kappa shape index (κ3) is 5.23. The van der Waals surface area contributed by atoms with Gasteiger partial charge in [0.2, 0.25) is 0 Å². The molecule has 3 heteroatoms. The molecule has 14 heavy (non-hydrogen) atoms. The molecule has 1 aliphatic heterocycles. The van der Waals surface area contributed by atoms with Crippen LogP contribution in [0.5, 0.6) is 0 Å². The van der Waals surface area contributed by atoms with Crippen molar-refractivity contribution in [2.45, 2.75) is 31.8 Å². The number of methoxy groups -OCH3 is 1. The molecular weight excluding hydrogens is 180 g/mol. The fraction of sp³-hybridized carbons (Fsp3) is 0.818. The van der Waals surface area contributed by atoms with Gasteiger partial charge in [0.15, 0.2) is 0 Å². The summed E-state index contributed by atoms with van der Waals surface area (Å²) in [6.45, 7) is 3.94. The molecule has 0 bridgehead atoms. The lowest BCUT2D eigenvalue weighted by molar-refractivity contribution is -0.0313. The van der Waals surface area contributed by atoms with E-state index < -0.39 is 0 Å². The minimum Gasteiger partial charge on any atom is -0.359 e. The van der Waals surface area contributed by atoms with E-state index >= 15 is 0 Å². The summed E-state index contributed by atoms with van der Waals surface area (Å²) in [5.74, 6) is 6.21. The van der Waals surface area contributed by atoms with Crippen molar-refractivity contribution < 1.29 is 14.2 Å². The van der Waals surface area contributed by atoms with Crippen molar-refractivity contribution in [3.8, 4) is 11.8 Å². The lowest BCUT2D eigenvalue weighted by atomic mass is 10.2. The van der Waals surface area contributed by atoms with E-state index in [1.807, 2.05) is 6.92 Å². The van der Waals surface area contributed by atoms with Crippen LogP contribution < -0.4 is 0 Å². The Morgan fingerprint density at radius 3 is 2.86 bits per heavy atom. The predicted octanol–water partition coefficient (Wildman–Crippen LogP) is 1.57. The number of rotatable bonds is 6. The summed E-state index contributed by atoms with van der Waals surface area (Å²) < 4.78 is 15.0. The first-order chi connectivity index (χ1) is 6.77. The van der Waals surface area contributed by atoms with Crippen molar-refractivity contribution in [3.63, 3.8) is 0 Å². The molecule has 80 valence electrons. The summed E-state index contributed by atoms with van der Waals surface area (Å²) in [5, 5.41) is 0. The average molecular weight is 198 g/mol. The standard InChI is InChI=1S/C11H18O3/c1-11(9-14-11)7-5-3-4-6-8-13-10-12-2/h3-4,6,8-10H2,1-2H3. The normalized spacial score (nSPS) is 24.1. The number of unbranched alkanes of at least 4 members (excludes halogenated alkanes) is 2. The van der Waals surface area contributed by atoms with Gasteiger partial charge >= 0.3 is 0 Å². The summed E-state index contributed by atoms with van der Waals surface area (Å²) in [5.41, 5.74) is -0.119. The van der Waals surface area contributed by atoms with Crippen LogP contribution >= 0.6 is 0 Å². The maximum absolute atomic E-state index is 5.15. The Kier molecular flexibility index (Phi) is 4.95. The molecule has 3 nitrogen and oxygen atoms in total. The molecule has 0 saturated carbocycles. The molecule has 0 spiro atoms. The van der Waals surface area contributed by atoms with Crippen LogP contribution in [-0.4, -0.2) is 32.7 Å². The first kappa shape index (κ1) is 11.5. The van der Waals surface area contributed by atoms with E-state index in [0.717, 1.165) is 32.5 Å². The van der Waals surface area contributed by atoms with Crippen LogP contribution in [0, 0.1) is 11.8 Å². The lowest BCUT2D eigenvalue weighted by Crippen LogP contribution is -1.99. The average Bonchev–Trinajstić information content (AvgIpc) is 2.89. The van der Waals surface area contributed by atoms with E-state index in [9.17, 15) is 0 Å². The molecule has 0 aromatic carbocycles. The Morgan fingerprint density at radius 1 is 1.43 bits per heavy atom. The van der Waals surface area contributed by atoms with Crippen molar-refractivity contribution in [2.75, 3.05) is 27.1 Å². The highest BCUT2D eigenvalue weighted by Crippen LogP contribution is 2.24. The van der Waals surface area contributed by atoms with Gasteiger partial charge in [-0.2, -0.15) is 0 Å². The second kappa shape index (κ2) is 6.02. The number of hydrogen-bond donors (Lipinski definition) is 0. The second-order valence-corrected chi connectivity index (χ2v) is 3.59. The first-order valence-corrected chi connectivity index (χ1v) is 4.97. The quantitative estimate of drug-likeness (QED) is 0.281. The van der Waals surface area contributed by atoms with Crippen LogP contribution in [0.15, 0.2) is 0 Å². The van der Waals surface area contributed by atoms with Gasteiger partial charge in [-0.3, -0.25) is 0 Å². The molecule has 1 aliphatic rings. The van der Waals surface area contributed by atoms with Gasteiger partial charge in [0, 0.05) is 20.1 Å². The monoisotopic (exact) mass is 198 g/mol. The van der Waals surface area contributed by atoms with Gasteiger partial charge in [-0.1, -0.05) is 5.92 Å². The molecular formula is C11H18O3. The fourth-order valence-corrected chi connectivity index (χ4v) is 0.990. The molecule has 0 radical (unpaired) electrons. The third-order valence-electron chi connectivity index (χ3n) is 1.97. The van der Waals surface area contributed by atoms with Crippen LogP contribution in [0.1, 0.15) is 26.2 Å².